The number of benzene rings is 4. The average Bonchev–Trinajstić information content (AvgIpc) is 3.02. The summed E-state index contributed by atoms with van der Waals surface area (Å²) in [5.41, 5.74) is 4.39. The molecule has 0 aliphatic rings. The van der Waals surface area contributed by atoms with Gasteiger partial charge in [-0.1, -0.05) is 24.3 Å². The van der Waals surface area contributed by atoms with Crippen LogP contribution in [-0.4, -0.2) is 42.7 Å². The Morgan fingerprint density at radius 2 is 0.976 bits per heavy atom. The highest BCUT2D eigenvalue weighted by molar-refractivity contribution is 5.58. The van der Waals surface area contributed by atoms with Crippen molar-refractivity contribution in [3.05, 3.63) is 95.1 Å². The van der Waals surface area contributed by atoms with Gasteiger partial charge in [-0.2, -0.15) is 0 Å². The molecule has 7 heteroatoms. The van der Waals surface area contributed by atoms with Crippen LogP contribution >= 0.6 is 0 Å². The number of aryl methyl sites for hydroxylation is 4. The molecular weight excluding hydrogens is 520 g/mol. The van der Waals surface area contributed by atoms with Gasteiger partial charge < -0.3 is 33.2 Å². The van der Waals surface area contributed by atoms with E-state index in [4.69, 9.17) is 33.2 Å². The molecule has 0 radical (unpaired) electrons. The van der Waals surface area contributed by atoms with E-state index in [-0.39, 0.29) is 0 Å². The summed E-state index contributed by atoms with van der Waals surface area (Å²) in [4.78, 5) is 0. The van der Waals surface area contributed by atoms with Gasteiger partial charge in [-0.3, -0.25) is 0 Å². The van der Waals surface area contributed by atoms with Crippen molar-refractivity contribution < 1.29 is 33.2 Å². The maximum absolute atomic E-state index is 6.50. The van der Waals surface area contributed by atoms with Gasteiger partial charge in [0, 0.05) is 6.07 Å². The van der Waals surface area contributed by atoms with Gasteiger partial charge in [-0.05, 0) is 90.4 Å². The van der Waals surface area contributed by atoms with Crippen molar-refractivity contribution in [1.29, 1.82) is 0 Å². The standard InChI is InChI=1S/C34H38O7/c1-35-27-11-7-9-23(17-27)13-14-25-19-32(39-5)34(40-6)33(20-25)41-31-21-26(29(37-3)22-30(31)38-4)16-15-24-10-8-12-28(18-24)36-2/h7-12,17-22H,13-16H2,1-6H3. The first-order chi connectivity index (χ1) is 20.0. The molecule has 0 aliphatic carbocycles. The minimum absolute atomic E-state index is 0.508. The Labute approximate surface area is 242 Å². The van der Waals surface area contributed by atoms with Gasteiger partial charge in [0.1, 0.15) is 17.2 Å². The second kappa shape index (κ2) is 14.2. The monoisotopic (exact) mass is 558 g/mol. The molecule has 41 heavy (non-hydrogen) atoms. The molecule has 4 aromatic rings. The molecule has 4 aromatic carbocycles. The number of hydrogen-bond donors (Lipinski definition) is 0. The lowest BCUT2D eigenvalue weighted by molar-refractivity contribution is 0.328. The largest absolute Gasteiger partial charge is 0.497 e. The van der Waals surface area contributed by atoms with E-state index in [1.54, 1.807) is 42.7 Å². The van der Waals surface area contributed by atoms with Crippen LogP contribution in [0.5, 0.6) is 46.0 Å². The van der Waals surface area contributed by atoms with Gasteiger partial charge in [0.15, 0.2) is 23.0 Å². The zero-order valence-corrected chi connectivity index (χ0v) is 24.6. The van der Waals surface area contributed by atoms with Gasteiger partial charge in [0.25, 0.3) is 0 Å². The van der Waals surface area contributed by atoms with Crippen LogP contribution in [-0.2, 0) is 25.7 Å². The predicted octanol–water partition coefficient (Wildman–Crippen LogP) is 7.10. The topological polar surface area (TPSA) is 64.6 Å². The molecule has 0 unspecified atom stereocenters. The van der Waals surface area contributed by atoms with Gasteiger partial charge in [-0.25, -0.2) is 0 Å². The normalized spacial score (nSPS) is 10.6. The molecule has 216 valence electrons. The zero-order valence-electron chi connectivity index (χ0n) is 24.6. The lowest BCUT2D eigenvalue weighted by Gasteiger charge is -2.19. The summed E-state index contributed by atoms with van der Waals surface area (Å²) in [6, 6.07) is 23.9. The fourth-order valence-corrected chi connectivity index (χ4v) is 4.75. The highest BCUT2D eigenvalue weighted by Gasteiger charge is 2.19. The third-order valence-corrected chi connectivity index (χ3v) is 6.94. The Balaban J connectivity index is 1.63. The summed E-state index contributed by atoms with van der Waals surface area (Å²) in [5, 5.41) is 0. The van der Waals surface area contributed by atoms with Crippen molar-refractivity contribution in [3.63, 3.8) is 0 Å². The number of ether oxygens (including phenoxy) is 7. The molecule has 0 aromatic heterocycles. The van der Waals surface area contributed by atoms with E-state index < -0.39 is 0 Å². The van der Waals surface area contributed by atoms with Crippen molar-refractivity contribution in [2.24, 2.45) is 0 Å². The van der Waals surface area contributed by atoms with Crippen LogP contribution in [0.25, 0.3) is 0 Å². The lowest BCUT2D eigenvalue weighted by Crippen LogP contribution is -2.01. The second-order valence-electron chi connectivity index (χ2n) is 9.45. The van der Waals surface area contributed by atoms with E-state index in [9.17, 15) is 0 Å². The highest BCUT2D eigenvalue weighted by Crippen LogP contribution is 2.44. The van der Waals surface area contributed by atoms with Crippen LogP contribution in [0.4, 0.5) is 0 Å². The fourth-order valence-electron chi connectivity index (χ4n) is 4.75. The van der Waals surface area contributed by atoms with Crippen molar-refractivity contribution in [3.8, 4) is 46.0 Å². The quantitative estimate of drug-likeness (QED) is 0.164. The van der Waals surface area contributed by atoms with Crippen LogP contribution < -0.4 is 33.2 Å². The third kappa shape index (κ3) is 7.37. The Hall–Kier alpha value is -4.52. The fraction of sp³-hybridized carbons (Fsp3) is 0.294. The van der Waals surface area contributed by atoms with Gasteiger partial charge in [0.05, 0.1) is 42.7 Å². The average molecular weight is 559 g/mol. The van der Waals surface area contributed by atoms with E-state index in [0.717, 1.165) is 54.1 Å². The number of rotatable bonds is 14. The Kier molecular flexibility index (Phi) is 10.2. The molecule has 0 aliphatic heterocycles. The second-order valence-corrected chi connectivity index (χ2v) is 9.45. The Bertz CT molecular complexity index is 1450. The van der Waals surface area contributed by atoms with Crippen LogP contribution in [0.15, 0.2) is 72.8 Å². The minimum atomic E-state index is 0.508. The maximum atomic E-state index is 6.50. The molecule has 0 heterocycles. The Morgan fingerprint density at radius 3 is 1.54 bits per heavy atom. The number of hydrogen-bond acceptors (Lipinski definition) is 7. The first kappa shape index (κ1) is 29.5. The van der Waals surface area contributed by atoms with E-state index in [1.165, 1.54) is 11.1 Å². The summed E-state index contributed by atoms with van der Waals surface area (Å²) in [5.74, 6) is 5.15. The summed E-state index contributed by atoms with van der Waals surface area (Å²) in [6.45, 7) is 0. The molecule has 7 nitrogen and oxygen atoms in total. The zero-order chi connectivity index (χ0) is 29.2. The first-order valence-corrected chi connectivity index (χ1v) is 13.4. The summed E-state index contributed by atoms with van der Waals surface area (Å²) in [7, 11) is 9.84. The van der Waals surface area contributed by atoms with Crippen molar-refractivity contribution in [2.75, 3.05) is 42.7 Å². The van der Waals surface area contributed by atoms with Crippen molar-refractivity contribution >= 4 is 0 Å². The van der Waals surface area contributed by atoms with Crippen LogP contribution in [0.1, 0.15) is 22.3 Å². The minimum Gasteiger partial charge on any atom is -0.497 e. The van der Waals surface area contributed by atoms with E-state index in [2.05, 4.69) is 12.1 Å². The van der Waals surface area contributed by atoms with Gasteiger partial charge >= 0.3 is 0 Å². The molecule has 0 bridgehead atoms. The summed E-state index contributed by atoms with van der Waals surface area (Å²) >= 11 is 0. The van der Waals surface area contributed by atoms with Crippen molar-refractivity contribution in [1.82, 2.24) is 0 Å². The van der Waals surface area contributed by atoms with Crippen LogP contribution in [0, 0.1) is 0 Å². The Morgan fingerprint density at radius 1 is 0.415 bits per heavy atom. The van der Waals surface area contributed by atoms with Gasteiger partial charge in [0.2, 0.25) is 5.75 Å². The van der Waals surface area contributed by atoms with E-state index in [0.29, 0.717) is 28.7 Å². The van der Waals surface area contributed by atoms with Crippen LogP contribution in [0.2, 0.25) is 0 Å². The first-order valence-electron chi connectivity index (χ1n) is 13.4. The molecule has 0 fully saturated rings. The van der Waals surface area contributed by atoms with Gasteiger partial charge in [-0.15, -0.1) is 0 Å². The number of methoxy groups -OCH3 is 6. The van der Waals surface area contributed by atoms with E-state index >= 15 is 0 Å². The molecule has 0 spiro atoms. The SMILES string of the molecule is COc1cccc(CCc2cc(OC)c(OC)c(Oc3cc(CCc4cccc(OC)c4)c(OC)cc3OC)c2)c1. The molecule has 0 atom stereocenters. The summed E-state index contributed by atoms with van der Waals surface area (Å²) < 4.78 is 40.0. The molecule has 0 N–H and O–H groups in total. The van der Waals surface area contributed by atoms with E-state index in [1.807, 2.05) is 60.7 Å². The molecule has 4 rings (SSSR count). The highest BCUT2D eigenvalue weighted by atomic mass is 16.5. The van der Waals surface area contributed by atoms with Crippen LogP contribution in [0.3, 0.4) is 0 Å². The van der Waals surface area contributed by atoms with Crippen molar-refractivity contribution in [2.45, 2.75) is 25.7 Å². The molecule has 0 saturated carbocycles. The predicted molar refractivity (Wildman–Crippen MR) is 160 cm³/mol. The molecule has 0 amide bonds. The smallest absolute Gasteiger partial charge is 0.203 e. The third-order valence-electron chi connectivity index (χ3n) is 6.94. The summed E-state index contributed by atoms with van der Waals surface area (Å²) in [6.07, 6.45) is 3.13. The lowest BCUT2D eigenvalue weighted by atomic mass is 10.0. The molecule has 0 saturated heterocycles. The maximum Gasteiger partial charge on any atom is 0.203 e. The molecular formula is C34H38O7.